The second kappa shape index (κ2) is 7.46. The maximum Gasteiger partial charge on any atom is 0.224 e. The van der Waals surface area contributed by atoms with Crippen molar-refractivity contribution in [1.82, 2.24) is 9.97 Å². The van der Waals surface area contributed by atoms with Crippen LogP contribution in [0.4, 0.5) is 17.5 Å². The molecule has 1 heterocycles. The summed E-state index contributed by atoms with van der Waals surface area (Å²) in [5, 5.41) is 6.48. The van der Waals surface area contributed by atoms with Gasteiger partial charge in [0.1, 0.15) is 11.6 Å². The summed E-state index contributed by atoms with van der Waals surface area (Å²) in [4.78, 5) is 8.69. The van der Waals surface area contributed by atoms with E-state index in [-0.39, 0.29) is 6.04 Å². The number of anilines is 3. The van der Waals surface area contributed by atoms with Gasteiger partial charge in [0.15, 0.2) is 5.75 Å². The van der Waals surface area contributed by atoms with Gasteiger partial charge in [-0.05, 0) is 44.2 Å². The summed E-state index contributed by atoms with van der Waals surface area (Å²) >= 11 is 0. The zero-order valence-electron chi connectivity index (χ0n) is 13.7. The Hall–Kier alpha value is -3.08. The molecule has 0 fully saturated rings. The predicted octanol–water partition coefficient (Wildman–Crippen LogP) is 4.83. The Bertz CT molecular complexity index is 790. The highest BCUT2D eigenvalue weighted by molar-refractivity contribution is 5.65. The molecular weight excluding hydrogens is 300 g/mol. The van der Waals surface area contributed by atoms with E-state index in [2.05, 4.69) is 20.6 Å². The molecule has 1 aromatic heterocycles. The molecule has 3 rings (SSSR count). The number of benzene rings is 2. The summed E-state index contributed by atoms with van der Waals surface area (Å²) < 4.78 is 5.95. The Morgan fingerprint density at radius 3 is 2.46 bits per heavy atom. The summed E-state index contributed by atoms with van der Waals surface area (Å²) in [6.07, 6.45) is 1.72. The number of ether oxygens (including phenoxy) is 1. The Labute approximate surface area is 141 Å². The van der Waals surface area contributed by atoms with Crippen molar-refractivity contribution in [2.45, 2.75) is 19.9 Å². The van der Waals surface area contributed by atoms with E-state index >= 15 is 0 Å². The van der Waals surface area contributed by atoms with Crippen molar-refractivity contribution in [2.75, 3.05) is 10.6 Å². The average Bonchev–Trinajstić information content (AvgIpc) is 2.57. The smallest absolute Gasteiger partial charge is 0.224 e. The third-order valence-corrected chi connectivity index (χ3v) is 3.19. The van der Waals surface area contributed by atoms with Crippen LogP contribution in [0.2, 0.25) is 0 Å². The van der Waals surface area contributed by atoms with Gasteiger partial charge in [-0.2, -0.15) is 4.98 Å². The molecule has 5 nitrogen and oxygen atoms in total. The molecule has 0 saturated heterocycles. The minimum atomic E-state index is 0.272. The monoisotopic (exact) mass is 320 g/mol. The molecule has 3 aromatic rings. The van der Waals surface area contributed by atoms with Crippen molar-refractivity contribution < 1.29 is 4.74 Å². The van der Waals surface area contributed by atoms with Crippen LogP contribution in [0.3, 0.4) is 0 Å². The molecule has 0 aliphatic carbocycles. The molecule has 0 unspecified atom stereocenters. The Kier molecular flexibility index (Phi) is 4.91. The third kappa shape index (κ3) is 4.23. The molecule has 24 heavy (non-hydrogen) atoms. The fourth-order valence-electron chi connectivity index (χ4n) is 2.17. The molecule has 0 atom stereocenters. The van der Waals surface area contributed by atoms with Crippen molar-refractivity contribution in [3.8, 4) is 11.5 Å². The number of hydrogen-bond acceptors (Lipinski definition) is 5. The first-order valence-corrected chi connectivity index (χ1v) is 7.89. The Morgan fingerprint density at radius 1 is 0.917 bits per heavy atom. The van der Waals surface area contributed by atoms with E-state index in [9.17, 15) is 0 Å². The van der Waals surface area contributed by atoms with Gasteiger partial charge in [0.2, 0.25) is 5.95 Å². The van der Waals surface area contributed by atoms with Gasteiger partial charge in [-0.1, -0.05) is 30.3 Å². The second-order valence-electron chi connectivity index (χ2n) is 5.60. The number of nitrogens with one attached hydrogen (secondary N) is 2. The minimum absolute atomic E-state index is 0.272. The van der Waals surface area contributed by atoms with Crippen LogP contribution in [0.15, 0.2) is 66.9 Å². The van der Waals surface area contributed by atoms with Gasteiger partial charge in [-0.15, -0.1) is 0 Å². The lowest BCUT2D eigenvalue weighted by molar-refractivity contribution is 0.485. The molecule has 2 aromatic carbocycles. The molecule has 5 heteroatoms. The van der Waals surface area contributed by atoms with E-state index in [0.29, 0.717) is 11.8 Å². The number of rotatable bonds is 6. The Balaban J connectivity index is 1.80. The molecule has 122 valence electrons. The molecule has 0 aliphatic heterocycles. The topological polar surface area (TPSA) is 59.1 Å². The summed E-state index contributed by atoms with van der Waals surface area (Å²) in [6.45, 7) is 4.10. The molecule has 0 spiro atoms. The molecule has 0 bridgehead atoms. The Morgan fingerprint density at radius 2 is 1.67 bits per heavy atom. The van der Waals surface area contributed by atoms with Gasteiger partial charge in [0.25, 0.3) is 0 Å². The summed E-state index contributed by atoms with van der Waals surface area (Å²) in [6, 6.07) is 19.6. The van der Waals surface area contributed by atoms with E-state index in [1.54, 1.807) is 6.20 Å². The van der Waals surface area contributed by atoms with E-state index in [1.807, 2.05) is 74.5 Å². The summed E-state index contributed by atoms with van der Waals surface area (Å²) in [5.74, 6) is 2.83. The average molecular weight is 320 g/mol. The normalized spacial score (nSPS) is 10.5. The second-order valence-corrected chi connectivity index (χ2v) is 5.60. The number of aromatic nitrogens is 2. The SMILES string of the molecule is CC(C)Nc1nccc(Nc2ccccc2Oc2ccccc2)n1. The molecule has 0 aliphatic rings. The molecule has 0 amide bonds. The lowest BCUT2D eigenvalue weighted by atomic mass is 10.3. The number of nitrogens with zero attached hydrogens (tertiary/aromatic N) is 2. The van der Waals surface area contributed by atoms with Crippen LogP contribution in [-0.4, -0.2) is 16.0 Å². The van der Waals surface area contributed by atoms with Crippen molar-refractivity contribution in [1.29, 1.82) is 0 Å². The van der Waals surface area contributed by atoms with Crippen molar-refractivity contribution in [3.05, 3.63) is 66.9 Å². The fourth-order valence-corrected chi connectivity index (χ4v) is 2.17. The zero-order chi connectivity index (χ0) is 16.8. The van der Waals surface area contributed by atoms with Crippen LogP contribution in [0.25, 0.3) is 0 Å². The van der Waals surface area contributed by atoms with Crippen molar-refractivity contribution in [2.24, 2.45) is 0 Å². The molecule has 2 N–H and O–H groups in total. The lowest BCUT2D eigenvalue weighted by Gasteiger charge is -2.13. The first-order valence-electron chi connectivity index (χ1n) is 7.89. The van der Waals surface area contributed by atoms with Crippen molar-refractivity contribution in [3.63, 3.8) is 0 Å². The molecule has 0 radical (unpaired) electrons. The first-order chi connectivity index (χ1) is 11.7. The van der Waals surface area contributed by atoms with Crippen LogP contribution in [0.5, 0.6) is 11.5 Å². The maximum atomic E-state index is 5.95. The van der Waals surface area contributed by atoms with Gasteiger partial charge in [-0.25, -0.2) is 4.98 Å². The van der Waals surface area contributed by atoms with Gasteiger partial charge >= 0.3 is 0 Å². The number of hydrogen-bond donors (Lipinski definition) is 2. The van der Waals surface area contributed by atoms with Crippen LogP contribution < -0.4 is 15.4 Å². The largest absolute Gasteiger partial charge is 0.455 e. The predicted molar refractivity (Wildman–Crippen MR) is 97.0 cm³/mol. The lowest BCUT2D eigenvalue weighted by Crippen LogP contribution is -2.12. The van der Waals surface area contributed by atoms with Crippen LogP contribution >= 0.6 is 0 Å². The maximum absolute atomic E-state index is 5.95. The van der Waals surface area contributed by atoms with E-state index in [0.717, 1.165) is 17.2 Å². The van der Waals surface area contributed by atoms with E-state index in [4.69, 9.17) is 4.74 Å². The fraction of sp³-hybridized carbons (Fsp3) is 0.158. The zero-order valence-corrected chi connectivity index (χ0v) is 13.7. The quantitative estimate of drug-likeness (QED) is 0.681. The molecular formula is C19H20N4O. The highest BCUT2D eigenvalue weighted by atomic mass is 16.5. The van der Waals surface area contributed by atoms with Gasteiger partial charge < -0.3 is 15.4 Å². The van der Waals surface area contributed by atoms with Crippen LogP contribution in [-0.2, 0) is 0 Å². The van der Waals surface area contributed by atoms with Crippen LogP contribution in [0, 0.1) is 0 Å². The van der Waals surface area contributed by atoms with Gasteiger partial charge in [-0.3, -0.25) is 0 Å². The van der Waals surface area contributed by atoms with Crippen molar-refractivity contribution >= 4 is 17.5 Å². The van der Waals surface area contributed by atoms with Gasteiger partial charge in [0.05, 0.1) is 5.69 Å². The standard InChI is InChI=1S/C19H20N4O/c1-14(2)21-19-20-13-12-18(23-19)22-16-10-6-7-11-17(16)24-15-8-4-3-5-9-15/h3-14H,1-2H3,(H2,20,21,22,23). The first kappa shape index (κ1) is 15.8. The number of para-hydroxylation sites is 3. The van der Waals surface area contributed by atoms with Gasteiger partial charge in [0, 0.05) is 12.2 Å². The highest BCUT2D eigenvalue weighted by Crippen LogP contribution is 2.31. The summed E-state index contributed by atoms with van der Waals surface area (Å²) in [7, 11) is 0. The molecule has 0 saturated carbocycles. The van der Waals surface area contributed by atoms with E-state index in [1.165, 1.54) is 0 Å². The minimum Gasteiger partial charge on any atom is -0.455 e. The summed E-state index contributed by atoms with van der Waals surface area (Å²) in [5.41, 5.74) is 0.843. The highest BCUT2D eigenvalue weighted by Gasteiger charge is 2.07. The van der Waals surface area contributed by atoms with E-state index < -0.39 is 0 Å². The van der Waals surface area contributed by atoms with Crippen LogP contribution in [0.1, 0.15) is 13.8 Å². The third-order valence-electron chi connectivity index (χ3n) is 3.19.